The largest absolute Gasteiger partial charge is 0.370 e. The van der Waals surface area contributed by atoms with E-state index in [2.05, 4.69) is 71.5 Å². The van der Waals surface area contributed by atoms with E-state index in [0.29, 0.717) is 24.4 Å². The van der Waals surface area contributed by atoms with E-state index in [1.54, 1.807) is 22.7 Å². The summed E-state index contributed by atoms with van der Waals surface area (Å²) in [5, 5.41) is 14.0. The summed E-state index contributed by atoms with van der Waals surface area (Å²) >= 11 is 3.42. The molecule has 12 heteroatoms. The second-order valence-corrected chi connectivity index (χ2v) is 10.1. The van der Waals surface area contributed by atoms with Gasteiger partial charge in [-0.25, -0.2) is 20.0 Å². The number of thiophene rings is 2. The van der Waals surface area contributed by atoms with Gasteiger partial charge >= 0.3 is 0 Å². The summed E-state index contributed by atoms with van der Waals surface area (Å²) in [5.74, 6) is 2.56. The van der Waals surface area contributed by atoms with Crippen molar-refractivity contribution in [2.75, 3.05) is 24.3 Å². The monoisotopic (exact) mass is 486 g/mol. The van der Waals surface area contributed by atoms with Gasteiger partial charge in [-0.2, -0.15) is 0 Å². The molecule has 0 saturated heterocycles. The Kier molecular flexibility index (Phi) is 6.56. The maximum Gasteiger partial charge on any atom is 0.207 e. The lowest BCUT2D eigenvalue weighted by atomic mass is 10.2. The molecule has 2 aromatic heterocycles. The molecule has 176 valence electrons. The Morgan fingerprint density at radius 1 is 1.00 bits per heavy atom. The molecular formula is C21H30N10S2. The summed E-state index contributed by atoms with van der Waals surface area (Å²) < 4.78 is 0. The van der Waals surface area contributed by atoms with Crippen molar-refractivity contribution in [3.05, 3.63) is 32.1 Å². The minimum Gasteiger partial charge on any atom is -0.370 e. The molecular weight excluding hydrogens is 456 g/mol. The molecule has 5 N–H and O–H groups in total. The number of aliphatic imine (C=N–C) groups is 4. The van der Waals surface area contributed by atoms with Gasteiger partial charge in [0.05, 0.1) is 17.9 Å². The number of nitrogens with zero attached hydrogens (tertiary/aromatic N) is 6. The second-order valence-electron chi connectivity index (χ2n) is 8.07. The van der Waals surface area contributed by atoms with E-state index in [9.17, 15) is 0 Å². The summed E-state index contributed by atoms with van der Waals surface area (Å²) in [6, 6.07) is 2.10. The van der Waals surface area contributed by atoms with Crippen LogP contribution in [0.25, 0.3) is 0 Å². The van der Waals surface area contributed by atoms with Gasteiger partial charge < -0.3 is 20.9 Å². The number of aryl methyl sites for hydroxylation is 1. The molecule has 0 aromatic carbocycles. The lowest BCUT2D eigenvalue weighted by Crippen LogP contribution is -2.49. The van der Waals surface area contributed by atoms with Crippen LogP contribution in [0.3, 0.4) is 0 Å². The smallest absolute Gasteiger partial charge is 0.207 e. The molecule has 0 saturated carbocycles. The van der Waals surface area contributed by atoms with Crippen molar-refractivity contribution in [3.63, 3.8) is 0 Å². The highest BCUT2D eigenvalue weighted by Gasteiger charge is 2.22. The topological polar surface area (TPSA) is 118 Å². The van der Waals surface area contributed by atoms with Crippen LogP contribution < -0.4 is 26.6 Å². The molecule has 2 aromatic rings. The second kappa shape index (κ2) is 9.40. The Morgan fingerprint density at radius 2 is 1.73 bits per heavy atom. The van der Waals surface area contributed by atoms with Gasteiger partial charge in [-0.1, -0.05) is 0 Å². The van der Waals surface area contributed by atoms with Crippen LogP contribution in [0.15, 0.2) is 36.8 Å². The van der Waals surface area contributed by atoms with Gasteiger partial charge in [-0.15, -0.1) is 22.7 Å². The van der Waals surface area contributed by atoms with Crippen molar-refractivity contribution in [2.45, 2.75) is 46.6 Å². The van der Waals surface area contributed by atoms with Crippen LogP contribution in [0.2, 0.25) is 0 Å². The molecule has 33 heavy (non-hydrogen) atoms. The van der Waals surface area contributed by atoms with E-state index < -0.39 is 0 Å². The molecule has 2 aliphatic rings. The molecule has 4 rings (SSSR count). The van der Waals surface area contributed by atoms with Gasteiger partial charge in [0.1, 0.15) is 12.3 Å². The summed E-state index contributed by atoms with van der Waals surface area (Å²) in [5.41, 5.74) is 9.19. The van der Waals surface area contributed by atoms with Crippen molar-refractivity contribution in [3.8, 4) is 0 Å². The van der Waals surface area contributed by atoms with E-state index >= 15 is 0 Å². The molecule has 0 radical (unpaired) electrons. The lowest BCUT2D eigenvalue weighted by molar-refractivity contribution is 0.482. The minimum absolute atomic E-state index is 0.165. The van der Waals surface area contributed by atoms with E-state index in [1.165, 1.54) is 15.3 Å². The van der Waals surface area contributed by atoms with Gasteiger partial charge in [0, 0.05) is 34.6 Å². The zero-order valence-electron chi connectivity index (χ0n) is 19.7. The Labute approximate surface area is 202 Å². The highest BCUT2D eigenvalue weighted by molar-refractivity contribution is 7.10. The Balaban J connectivity index is 1.43. The maximum absolute atomic E-state index is 5.89. The van der Waals surface area contributed by atoms with Crippen LogP contribution in [-0.4, -0.2) is 55.2 Å². The summed E-state index contributed by atoms with van der Waals surface area (Å²) in [4.78, 5) is 24.6. The van der Waals surface area contributed by atoms with Crippen LogP contribution in [-0.2, 0) is 6.54 Å². The van der Waals surface area contributed by atoms with Gasteiger partial charge in [0.2, 0.25) is 17.9 Å². The van der Waals surface area contributed by atoms with E-state index in [-0.39, 0.29) is 12.3 Å². The molecule has 2 atom stereocenters. The molecule has 10 nitrogen and oxygen atoms in total. The lowest BCUT2D eigenvalue weighted by Gasteiger charge is -2.27. The third kappa shape index (κ3) is 5.28. The zero-order chi connectivity index (χ0) is 23.7. The highest BCUT2D eigenvalue weighted by atomic mass is 32.1. The Hall–Kier alpha value is -3.12. The molecule has 0 fully saturated rings. The van der Waals surface area contributed by atoms with E-state index in [0.717, 1.165) is 17.3 Å². The molecule has 4 heterocycles. The quantitative estimate of drug-likeness (QED) is 0.528. The van der Waals surface area contributed by atoms with Gasteiger partial charge in [0.15, 0.2) is 5.96 Å². The van der Waals surface area contributed by atoms with Crippen LogP contribution >= 0.6 is 22.7 Å². The highest BCUT2D eigenvalue weighted by Crippen LogP contribution is 2.30. The van der Waals surface area contributed by atoms with E-state index in [1.807, 2.05) is 32.8 Å². The third-order valence-corrected chi connectivity index (χ3v) is 7.18. The predicted molar refractivity (Wildman–Crippen MR) is 141 cm³/mol. The van der Waals surface area contributed by atoms with Crippen molar-refractivity contribution in [1.82, 2.24) is 15.5 Å². The summed E-state index contributed by atoms with van der Waals surface area (Å²) in [6.45, 7) is 8.82. The molecule has 0 amide bonds. The Morgan fingerprint density at radius 3 is 2.42 bits per heavy atom. The van der Waals surface area contributed by atoms with E-state index in [4.69, 9.17) is 5.73 Å². The van der Waals surface area contributed by atoms with Gasteiger partial charge in [-0.3, -0.25) is 10.6 Å². The predicted octanol–water partition coefficient (Wildman–Crippen LogP) is 2.69. The van der Waals surface area contributed by atoms with Crippen molar-refractivity contribution >= 4 is 57.9 Å². The first kappa shape index (κ1) is 23.1. The first-order chi connectivity index (χ1) is 15.7. The van der Waals surface area contributed by atoms with Crippen molar-refractivity contribution in [1.29, 1.82) is 0 Å². The average Bonchev–Trinajstić information content (AvgIpc) is 3.31. The Bertz CT molecular complexity index is 1140. The fourth-order valence-corrected chi connectivity index (χ4v) is 5.33. The zero-order valence-corrected chi connectivity index (χ0v) is 21.3. The first-order valence-electron chi connectivity index (χ1n) is 10.6. The van der Waals surface area contributed by atoms with Crippen molar-refractivity contribution < 1.29 is 0 Å². The SMILES string of the molecule is Cc1cc(NC2=NC(C)N=C(N(C)Cc3scc(N(C)C4=NC(C)N=C(N)N4)c3C)N2)cs1. The number of hydrogen-bond acceptors (Lipinski definition) is 12. The average molecular weight is 487 g/mol. The van der Waals surface area contributed by atoms with Crippen molar-refractivity contribution in [2.24, 2.45) is 25.7 Å². The molecule has 0 bridgehead atoms. The van der Waals surface area contributed by atoms with Crippen LogP contribution in [0.1, 0.15) is 29.2 Å². The number of rotatable bonds is 4. The minimum atomic E-state index is -0.201. The molecule has 0 spiro atoms. The van der Waals surface area contributed by atoms with Gasteiger partial charge in [0.25, 0.3) is 0 Å². The normalized spacial score (nSPS) is 20.1. The number of nitrogens with one attached hydrogen (secondary N) is 3. The van der Waals surface area contributed by atoms with Crippen LogP contribution in [0, 0.1) is 13.8 Å². The first-order valence-corrected chi connectivity index (χ1v) is 12.4. The number of anilines is 2. The summed E-state index contributed by atoms with van der Waals surface area (Å²) in [7, 11) is 4.01. The molecule has 2 unspecified atom stereocenters. The maximum atomic E-state index is 5.89. The molecule has 2 aliphatic heterocycles. The fourth-order valence-electron chi connectivity index (χ4n) is 3.56. The molecule has 0 aliphatic carbocycles. The number of nitrogens with two attached hydrogens (primary N) is 1. The fraction of sp³-hybridized carbons (Fsp3) is 0.429. The van der Waals surface area contributed by atoms with Gasteiger partial charge in [-0.05, 0) is 39.3 Å². The number of guanidine groups is 4. The van der Waals surface area contributed by atoms with Crippen LogP contribution in [0.4, 0.5) is 11.4 Å². The van der Waals surface area contributed by atoms with Crippen LogP contribution in [0.5, 0.6) is 0 Å². The third-order valence-electron chi connectivity index (χ3n) is 5.26. The number of hydrogen-bond donors (Lipinski definition) is 4. The standard InChI is InChI=1S/C21H30N10S2/c1-11-7-15(9-32-11)27-19-24-14(4)25-20(29-19)30(5)8-17-12(2)16(10-33-17)31(6)21-26-13(3)23-18(22)28-21/h7,9-10,13-14H,8H2,1-6H3,(H3,22,23,26,28)(H2,24,25,27,29). The summed E-state index contributed by atoms with van der Waals surface area (Å²) in [6.07, 6.45) is -0.366.